The van der Waals surface area contributed by atoms with Crippen LogP contribution in [-0.4, -0.2) is 21.7 Å². The summed E-state index contributed by atoms with van der Waals surface area (Å²) in [7, 11) is 0. The van der Waals surface area contributed by atoms with Crippen LogP contribution in [0.25, 0.3) is 22.7 Å². The second-order valence-corrected chi connectivity index (χ2v) is 6.27. The summed E-state index contributed by atoms with van der Waals surface area (Å²) in [5, 5.41) is 10.8. The number of aliphatic hydroxyl groups is 1. The minimum atomic E-state index is -0.371. The number of fused-ring (bicyclic) bond motifs is 1. The van der Waals surface area contributed by atoms with Crippen LogP contribution in [0.2, 0.25) is 0 Å². The quantitative estimate of drug-likeness (QED) is 0.692. The van der Waals surface area contributed by atoms with Gasteiger partial charge in [-0.05, 0) is 54.3 Å². The molecule has 0 saturated carbocycles. The van der Waals surface area contributed by atoms with E-state index in [4.69, 9.17) is 5.73 Å². The summed E-state index contributed by atoms with van der Waals surface area (Å²) in [6, 6.07) is 12.0. The number of hydrogen-bond acceptors (Lipinski definition) is 3. The molecule has 118 valence electrons. The number of nitrogens with zero attached hydrogens (tertiary/aromatic N) is 1. The highest BCUT2D eigenvalue weighted by atomic mass is 16.3. The lowest BCUT2D eigenvalue weighted by molar-refractivity contribution is 0.351. The number of rotatable bonds is 4. The summed E-state index contributed by atoms with van der Waals surface area (Å²) in [5.41, 5.74) is 10.5. The molecule has 0 aliphatic carbocycles. The van der Waals surface area contributed by atoms with Crippen LogP contribution in [0.1, 0.15) is 30.5 Å². The van der Waals surface area contributed by atoms with Crippen LogP contribution < -0.4 is 5.73 Å². The van der Waals surface area contributed by atoms with Gasteiger partial charge in [0.15, 0.2) is 0 Å². The molecule has 23 heavy (non-hydrogen) atoms. The number of pyridine rings is 1. The zero-order valence-corrected chi connectivity index (χ0v) is 13.4. The maximum Gasteiger partial charge on any atom is 0.137 e. The number of H-pyrrole nitrogens is 1. The van der Waals surface area contributed by atoms with Crippen molar-refractivity contribution in [3.63, 3.8) is 0 Å². The summed E-state index contributed by atoms with van der Waals surface area (Å²) in [6.45, 7) is 3.93. The van der Waals surface area contributed by atoms with Crippen LogP contribution in [0.15, 0.2) is 48.8 Å². The first-order valence-corrected chi connectivity index (χ1v) is 7.62. The van der Waals surface area contributed by atoms with E-state index in [1.807, 2.05) is 62.5 Å². The van der Waals surface area contributed by atoms with Crippen molar-refractivity contribution in [3.05, 3.63) is 65.5 Å². The molecule has 0 atom stereocenters. The maximum absolute atomic E-state index is 9.78. The van der Waals surface area contributed by atoms with Crippen LogP contribution >= 0.6 is 0 Å². The standard InChI is InChI=1S/C19H21N3O/c1-19(2,20)16-5-3-13(4-6-16)15(12-23)11-14-7-9-21-18-17(14)8-10-22-18/h3-11,23H,12,20H2,1-2H3,(H,21,22)/b15-11+. The van der Waals surface area contributed by atoms with Crippen LogP contribution in [0, 0.1) is 0 Å². The van der Waals surface area contributed by atoms with Crippen LogP contribution in [-0.2, 0) is 5.54 Å². The average molecular weight is 307 g/mol. The molecule has 2 aromatic heterocycles. The predicted octanol–water partition coefficient (Wildman–Crippen LogP) is 3.29. The van der Waals surface area contributed by atoms with Gasteiger partial charge in [-0.15, -0.1) is 0 Å². The first-order valence-electron chi connectivity index (χ1n) is 7.62. The first-order chi connectivity index (χ1) is 11.0. The van der Waals surface area contributed by atoms with E-state index in [-0.39, 0.29) is 12.1 Å². The number of aromatic amines is 1. The summed E-state index contributed by atoms with van der Waals surface area (Å²) in [6.07, 6.45) is 5.63. The van der Waals surface area contributed by atoms with E-state index in [9.17, 15) is 5.11 Å². The van der Waals surface area contributed by atoms with E-state index in [1.54, 1.807) is 6.20 Å². The highest BCUT2D eigenvalue weighted by Crippen LogP contribution is 2.24. The molecule has 0 bridgehead atoms. The summed E-state index contributed by atoms with van der Waals surface area (Å²) < 4.78 is 0. The van der Waals surface area contributed by atoms with E-state index in [2.05, 4.69) is 9.97 Å². The summed E-state index contributed by atoms with van der Waals surface area (Å²) in [4.78, 5) is 7.38. The smallest absolute Gasteiger partial charge is 0.137 e. The Labute approximate surface area is 135 Å². The van der Waals surface area contributed by atoms with Crippen LogP contribution in [0.4, 0.5) is 0 Å². The number of aromatic nitrogens is 2. The third kappa shape index (κ3) is 3.18. The van der Waals surface area contributed by atoms with Gasteiger partial charge in [0.2, 0.25) is 0 Å². The Morgan fingerprint density at radius 2 is 1.96 bits per heavy atom. The molecule has 0 radical (unpaired) electrons. The molecule has 0 aliphatic heterocycles. The van der Waals surface area contributed by atoms with Crippen molar-refractivity contribution in [1.82, 2.24) is 9.97 Å². The number of nitrogens with one attached hydrogen (secondary N) is 1. The molecule has 0 saturated heterocycles. The first kappa shape index (κ1) is 15.5. The minimum absolute atomic E-state index is 0.0282. The van der Waals surface area contributed by atoms with Gasteiger partial charge < -0.3 is 15.8 Å². The molecule has 2 heterocycles. The minimum Gasteiger partial charge on any atom is -0.392 e. The molecule has 0 aliphatic rings. The zero-order chi connectivity index (χ0) is 16.4. The van der Waals surface area contributed by atoms with Gasteiger partial charge in [-0.3, -0.25) is 0 Å². The topological polar surface area (TPSA) is 74.9 Å². The van der Waals surface area contributed by atoms with Gasteiger partial charge in [0, 0.05) is 23.3 Å². The van der Waals surface area contributed by atoms with Crippen molar-refractivity contribution in [2.75, 3.05) is 6.61 Å². The molecule has 4 nitrogen and oxygen atoms in total. The second kappa shape index (κ2) is 5.99. The van der Waals surface area contributed by atoms with Gasteiger partial charge in [0.25, 0.3) is 0 Å². The molecule has 0 amide bonds. The number of nitrogens with two attached hydrogens (primary N) is 1. The van der Waals surface area contributed by atoms with Gasteiger partial charge in [0.05, 0.1) is 6.61 Å². The van der Waals surface area contributed by atoms with Gasteiger partial charge in [-0.25, -0.2) is 4.98 Å². The highest BCUT2D eigenvalue weighted by molar-refractivity contribution is 5.92. The van der Waals surface area contributed by atoms with Gasteiger partial charge in [-0.2, -0.15) is 0 Å². The molecule has 3 aromatic rings. The third-order valence-corrected chi connectivity index (χ3v) is 3.99. The molecule has 4 N–H and O–H groups in total. The largest absolute Gasteiger partial charge is 0.392 e. The van der Waals surface area contributed by atoms with Crippen molar-refractivity contribution in [1.29, 1.82) is 0 Å². The van der Waals surface area contributed by atoms with Gasteiger partial charge in [0.1, 0.15) is 5.65 Å². The van der Waals surface area contributed by atoms with Crippen molar-refractivity contribution in [2.45, 2.75) is 19.4 Å². The molecule has 3 rings (SSSR count). The zero-order valence-electron chi connectivity index (χ0n) is 13.4. The van der Waals surface area contributed by atoms with Crippen molar-refractivity contribution in [2.24, 2.45) is 5.73 Å². The Bertz CT molecular complexity index is 839. The van der Waals surface area contributed by atoms with E-state index >= 15 is 0 Å². The summed E-state index contributed by atoms with van der Waals surface area (Å²) >= 11 is 0. The predicted molar refractivity (Wildman–Crippen MR) is 94.7 cm³/mol. The monoisotopic (exact) mass is 307 g/mol. The lowest BCUT2D eigenvalue weighted by Gasteiger charge is -2.19. The average Bonchev–Trinajstić information content (AvgIpc) is 3.01. The lowest BCUT2D eigenvalue weighted by Crippen LogP contribution is -2.28. The SMILES string of the molecule is CC(C)(N)c1ccc(/C(=C/c2ccnc3[nH]ccc23)CO)cc1. The van der Waals surface area contributed by atoms with Crippen molar-refractivity contribution >= 4 is 22.7 Å². The lowest BCUT2D eigenvalue weighted by atomic mass is 9.93. The Morgan fingerprint density at radius 3 is 2.61 bits per heavy atom. The fourth-order valence-corrected chi connectivity index (χ4v) is 2.63. The van der Waals surface area contributed by atoms with Crippen molar-refractivity contribution < 1.29 is 5.11 Å². The molecule has 4 heteroatoms. The Balaban J connectivity index is 2.01. The number of benzene rings is 1. The third-order valence-electron chi connectivity index (χ3n) is 3.99. The van der Waals surface area contributed by atoms with Crippen LogP contribution in [0.3, 0.4) is 0 Å². The van der Waals surface area contributed by atoms with Gasteiger partial charge >= 0.3 is 0 Å². The van der Waals surface area contributed by atoms with E-state index in [0.29, 0.717) is 0 Å². The fraction of sp³-hybridized carbons (Fsp3) is 0.211. The molecular weight excluding hydrogens is 286 g/mol. The maximum atomic E-state index is 9.78. The van der Waals surface area contributed by atoms with E-state index in [1.165, 1.54) is 0 Å². The Hall–Kier alpha value is -2.43. The van der Waals surface area contributed by atoms with E-state index in [0.717, 1.165) is 33.3 Å². The Morgan fingerprint density at radius 1 is 1.22 bits per heavy atom. The molecule has 0 spiro atoms. The van der Waals surface area contributed by atoms with E-state index < -0.39 is 0 Å². The molecular formula is C19H21N3O. The van der Waals surface area contributed by atoms with Gasteiger partial charge in [-0.1, -0.05) is 24.3 Å². The molecule has 1 aromatic carbocycles. The second-order valence-electron chi connectivity index (χ2n) is 6.27. The number of hydrogen-bond donors (Lipinski definition) is 3. The number of aliphatic hydroxyl groups excluding tert-OH is 1. The molecule has 0 fully saturated rings. The normalized spacial score (nSPS) is 12.8. The Kier molecular flexibility index (Phi) is 4.03. The van der Waals surface area contributed by atoms with Crippen LogP contribution in [0.5, 0.6) is 0 Å². The molecule has 0 unspecified atom stereocenters. The highest BCUT2D eigenvalue weighted by Gasteiger charge is 2.14. The van der Waals surface area contributed by atoms with Crippen molar-refractivity contribution in [3.8, 4) is 0 Å². The fourth-order valence-electron chi connectivity index (χ4n) is 2.63. The summed E-state index contributed by atoms with van der Waals surface area (Å²) in [5.74, 6) is 0.